The largest absolute Gasteiger partial charge is 0.496 e. The normalized spacial score (nSPS) is 15.9. The summed E-state index contributed by atoms with van der Waals surface area (Å²) in [6.07, 6.45) is 5.71. The average Bonchev–Trinajstić information content (AvgIpc) is 2.61. The van der Waals surface area contributed by atoms with Gasteiger partial charge in [-0.1, -0.05) is 25.1 Å². The van der Waals surface area contributed by atoms with Crippen molar-refractivity contribution in [3.8, 4) is 5.75 Å². The number of benzene rings is 1. The summed E-state index contributed by atoms with van der Waals surface area (Å²) in [7, 11) is 3.48. The molecule has 25 heavy (non-hydrogen) atoms. The molecule has 4 N–H and O–H groups in total. The van der Waals surface area contributed by atoms with Crippen molar-refractivity contribution < 1.29 is 9.13 Å². The van der Waals surface area contributed by atoms with E-state index in [2.05, 4.69) is 22.5 Å². The van der Waals surface area contributed by atoms with Crippen molar-refractivity contribution >= 4 is 22.5 Å². The van der Waals surface area contributed by atoms with Gasteiger partial charge < -0.3 is 21.1 Å². The first kappa shape index (κ1) is 19.3. The monoisotopic (exact) mass is 364 g/mol. The molecule has 0 fully saturated rings. The number of hydrogen-bond acceptors (Lipinski definition) is 5. The lowest BCUT2D eigenvalue weighted by Gasteiger charge is -2.18. The minimum atomic E-state index is -0.318. The van der Waals surface area contributed by atoms with Crippen LogP contribution in [0.3, 0.4) is 0 Å². The minimum Gasteiger partial charge on any atom is -0.496 e. The maximum atomic E-state index is 13.7. The third kappa shape index (κ3) is 5.24. The molecule has 5 nitrogen and oxygen atoms in total. The van der Waals surface area contributed by atoms with Gasteiger partial charge >= 0.3 is 0 Å². The molecule has 1 aromatic carbocycles. The summed E-state index contributed by atoms with van der Waals surface area (Å²) in [5.74, 6) is 0.285. The van der Waals surface area contributed by atoms with Gasteiger partial charge in [0.1, 0.15) is 11.6 Å². The van der Waals surface area contributed by atoms with Gasteiger partial charge in [-0.3, -0.25) is 0 Å². The number of nitrogens with zero attached hydrogens (tertiary/aromatic N) is 1. The minimum absolute atomic E-state index is 0.215. The van der Waals surface area contributed by atoms with E-state index in [1.165, 1.54) is 23.9 Å². The highest BCUT2D eigenvalue weighted by Crippen LogP contribution is 2.31. The maximum Gasteiger partial charge on any atom is 0.160 e. The van der Waals surface area contributed by atoms with Crippen molar-refractivity contribution in [1.29, 1.82) is 0 Å². The third-order valence-electron chi connectivity index (χ3n) is 3.80. The van der Waals surface area contributed by atoms with Crippen LogP contribution in [0.15, 0.2) is 41.2 Å². The lowest BCUT2D eigenvalue weighted by molar-refractivity contribution is 0.412. The molecule has 0 aliphatic carbocycles. The molecule has 136 valence electrons. The van der Waals surface area contributed by atoms with Crippen molar-refractivity contribution in [3.05, 3.63) is 47.6 Å². The van der Waals surface area contributed by atoms with Crippen LogP contribution in [0.25, 0.3) is 5.57 Å². The van der Waals surface area contributed by atoms with Gasteiger partial charge in [-0.05, 0) is 43.9 Å². The zero-order valence-electron chi connectivity index (χ0n) is 14.8. The topological polar surface area (TPSA) is 71.7 Å². The Balaban J connectivity index is 2.37. The summed E-state index contributed by atoms with van der Waals surface area (Å²) in [6, 6.07) is 4.46. The summed E-state index contributed by atoms with van der Waals surface area (Å²) in [6.45, 7) is 2.65. The Morgan fingerprint density at radius 3 is 3.00 bits per heavy atom. The van der Waals surface area contributed by atoms with E-state index in [1.54, 1.807) is 13.2 Å². The highest BCUT2D eigenvalue weighted by Gasteiger charge is 2.17. The number of amidine groups is 1. The summed E-state index contributed by atoms with van der Waals surface area (Å²) in [4.78, 5) is 4.56. The van der Waals surface area contributed by atoms with Crippen molar-refractivity contribution in [1.82, 2.24) is 10.6 Å². The van der Waals surface area contributed by atoms with E-state index in [0.717, 1.165) is 18.4 Å². The summed E-state index contributed by atoms with van der Waals surface area (Å²) >= 11 is 1.50. The Labute approximate surface area is 152 Å². The standard InChI is InChI=1S/C18H25FN4OS/c1-4-5-17(21-2)25-18(20)23-15-8-9-22-11-14(15)13-10-12(19)6-7-16(13)24-3/h6-10,17,21-22H,4-5,11H2,1-3H3,(H2,20,23). The first-order valence-electron chi connectivity index (χ1n) is 8.24. The first-order valence-corrected chi connectivity index (χ1v) is 9.12. The Bertz CT molecular complexity index is 688. The molecular formula is C18H25FN4OS. The lowest BCUT2D eigenvalue weighted by Crippen LogP contribution is -2.25. The zero-order chi connectivity index (χ0) is 18.2. The molecule has 1 aliphatic heterocycles. The van der Waals surface area contributed by atoms with Crippen LogP contribution in [0.4, 0.5) is 4.39 Å². The molecule has 0 bridgehead atoms. The highest BCUT2D eigenvalue weighted by molar-refractivity contribution is 8.14. The molecule has 0 amide bonds. The fraction of sp³-hybridized carbons (Fsp3) is 0.389. The van der Waals surface area contributed by atoms with E-state index < -0.39 is 0 Å². The van der Waals surface area contributed by atoms with Crippen LogP contribution < -0.4 is 21.1 Å². The number of dihydropyridines is 1. The molecule has 1 unspecified atom stereocenters. The van der Waals surface area contributed by atoms with Gasteiger partial charge in [0.15, 0.2) is 5.17 Å². The lowest BCUT2D eigenvalue weighted by atomic mass is 10.0. The second-order valence-corrected chi connectivity index (χ2v) is 6.78. The molecule has 1 aromatic rings. The fourth-order valence-corrected chi connectivity index (χ4v) is 3.47. The van der Waals surface area contributed by atoms with Gasteiger partial charge in [0.25, 0.3) is 0 Å². The van der Waals surface area contributed by atoms with Crippen molar-refractivity contribution in [2.75, 3.05) is 20.7 Å². The number of methoxy groups -OCH3 is 1. The fourth-order valence-electron chi connectivity index (χ4n) is 2.56. The predicted molar refractivity (Wildman–Crippen MR) is 104 cm³/mol. The van der Waals surface area contributed by atoms with E-state index in [9.17, 15) is 4.39 Å². The molecule has 0 spiro atoms. The van der Waals surface area contributed by atoms with Gasteiger partial charge in [0, 0.05) is 17.7 Å². The number of aliphatic imine (C=N–C) groups is 1. The van der Waals surface area contributed by atoms with E-state index in [-0.39, 0.29) is 11.2 Å². The van der Waals surface area contributed by atoms with Crippen LogP contribution in [0, 0.1) is 5.82 Å². The van der Waals surface area contributed by atoms with Gasteiger partial charge in [-0.15, -0.1) is 0 Å². The quantitative estimate of drug-likeness (QED) is 0.394. The third-order valence-corrected chi connectivity index (χ3v) is 4.89. The predicted octanol–water partition coefficient (Wildman–Crippen LogP) is 3.06. The number of ether oxygens (including phenoxy) is 1. The van der Waals surface area contributed by atoms with Gasteiger partial charge in [0.05, 0.1) is 18.2 Å². The van der Waals surface area contributed by atoms with E-state index in [0.29, 0.717) is 28.7 Å². The molecule has 1 aliphatic rings. The van der Waals surface area contributed by atoms with E-state index in [1.807, 2.05) is 19.3 Å². The van der Waals surface area contributed by atoms with E-state index >= 15 is 0 Å². The van der Waals surface area contributed by atoms with Gasteiger partial charge in [-0.2, -0.15) is 0 Å². The summed E-state index contributed by atoms with van der Waals surface area (Å²) < 4.78 is 19.1. The molecule has 1 atom stereocenters. The van der Waals surface area contributed by atoms with Crippen LogP contribution in [0.1, 0.15) is 25.3 Å². The second-order valence-electron chi connectivity index (χ2n) is 5.56. The van der Waals surface area contributed by atoms with Gasteiger partial charge in [0.2, 0.25) is 0 Å². The Morgan fingerprint density at radius 2 is 2.32 bits per heavy atom. The molecular weight excluding hydrogens is 339 g/mol. The Hall–Kier alpha value is -1.99. The molecule has 7 heteroatoms. The Kier molecular flexibility index (Phi) is 7.33. The van der Waals surface area contributed by atoms with Crippen LogP contribution >= 0.6 is 11.8 Å². The van der Waals surface area contributed by atoms with E-state index in [4.69, 9.17) is 10.5 Å². The molecule has 2 rings (SSSR count). The number of nitrogens with one attached hydrogen (secondary N) is 2. The van der Waals surface area contributed by atoms with Crippen LogP contribution in [-0.4, -0.2) is 31.2 Å². The smallest absolute Gasteiger partial charge is 0.160 e. The summed E-state index contributed by atoms with van der Waals surface area (Å²) in [5.41, 5.74) is 8.36. The first-order chi connectivity index (χ1) is 12.1. The second kappa shape index (κ2) is 9.48. The molecule has 0 saturated heterocycles. The number of nitrogens with two attached hydrogens (primary N) is 1. The Morgan fingerprint density at radius 1 is 1.52 bits per heavy atom. The van der Waals surface area contributed by atoms with Crippen LogP contribution in [0.5, 0.6) is 5.75 Å². The number of rotatable bonds is 7. The molecule has 1 heterocycles. The summed E-state index contributed by atoms with van der Waals surface area (Å²) in [5, 5.41) is 7.05. The van der Waals surface area contributed by atoms with Crippen molar-refractivity contribution in [2.45, 2.75) is 25.1 Å². The van der Waals surface area contributed by atoms with Crippen LogP contribution in [0.2, 0.25) is 0 Å². The highest BCUT2D eigenvalue weighted by atomic mass is 32.2. The number of halogens is 1. The number of allylic oxidation sites excluding steroid dienone is 1. The SMILES string of the molecule is CCCC(NC)SC(N)=NC1=C(c2cc(F)ccc2OC)CNC=C1. The molecule has 0 radical (unpaired) electrons. The van der Waals surface area contributed by atoms with Gasteiger partial charge in [-0.25, -0.2) is 9.38 Å². The number of thioether (sulfide) groups is 1. The zero-order valence-corrected chi connectivity index (χ0v) is 15.6. The van der Waals surface area contributed by atoms with Crippen molar-refractivity contribution in [2.24, 2.45) is 10.7 Å². The maximum absolute atomic E-state index is 13.7. The number of hydrogen-bond donors (Lipinski definition) is 3. The molecule has 0 aromatic heterocycles. The van der Waals surface area contributed by atoms with Crippen LogP contribution in [-0.2, 0) is 0 Å². The average molecular weight is 364 g/mol. The van der Waals surface area contributed by atoms with Crippen molar-refractivity contribution in [3.63, 3.8) is 0 Å². The molecule has 0 saturated carbocycles.